The summed E-state index contributed by atoms with van der Waals surface area (Å²) in [5.74, 6) is -0.0233. The van der Waals surface area contributed by atoms with Gasteiger partial charge < -0.3 is 9.64 Å². The lowest BCUT2D eigenvalue weighted by atomic mass is 10.1. The fourth-order valence-corrected chi connectivity index (χ4v) is 3.02. The molecule has 0 unspecified atom stereocenters. The van der Waals surface area contributed by atoms with Crippen molar-refractivity contribution >= 4 is 5.91 Å². The molecular weight excluding hydrogens is 268 g/mol. The largest absolute Gasteiger partial charge is 0.378 e. The molecule has 6 heteroatoms. The van der Waals surface area contributed by atoms with Crippen molar-refractivity contribution in [3.05, 3.63) is 29.6 Å². The van der Waals surface area contributed by atoms with Crippen LogP contribution in [0.1, 0.15) is 23.0 Å². The first-order chi connectivity index (χ1) is 10.2. The number of nitrogens with zero attached hydrogens (tertiary/aromatic N) is 4. The van der Waals surface area contributed by atoms with Crippen molar-refractivity contribution in [2.24, 2.45) is 0 Å². The Bertz CT molecular complexity index is 566. The predicted molar refractivity (Wildman–Crippen MR) is 75.6 cm³/mol. The Kier molecular flexibility index (Phi) is 3.86. The van der Waals surface area contributed by atoms with E-state index in [2.05, 4.69) is 16.8 Å². The quantitative estimate of drug-likeness (QED) is 0.752. The van der Waals surface area contributed by atoms with E-state index in [4.69, 9.17) is 10.00 Å². The summed E-state index contributed by atoms with van der Waals surface area (Å²) in [7, 11) is 0. The van der Waals surface area contributed by atoms with Gasteiger partial charge in [0.1, 0.15) is 11.8 Å². The molecule has 2 aliphatic heterocycles. The van der Waals surface area contributed by atoms with Crippen LogP contribution >= 0.6 is 0 Å². The smallest absolute Gasteiger partial charge is 0.255 e. The van der Waals surface area contributed by atoms with E-state index in [0.717, 1.165) is 19.7 Å². The van der Waals surface area contributed by atoms with Crippen LogP contribution in [0, 0.1) is 11.3 Å². The number of rotatable bonds is 1. The van der Waals surface area contributed by atoms with Gasteiger partial charge >= 0.3 is 0 Å². The van der Waals surface area contributed by atoms with Crippen molar-refractivity contribution in [3.8, 4) is 6.07 Å². The van der Waals surface area contributed by atoms with Crippen LogP contribution in [0.4, 0.5) is 0 Å². The fourth-order valence-electron chi connectivity index (χ4n) is 3.02. The Hall–Kier alpha value is -1.97. The van der Waals surface area contributed by atoms with Crippen molar-refractivity contribution < 1.29 is 9.53 Å². The van der Waals surface area contributed by atoms with Gasteiger partial charge in [0.05, 0.1) is 24.8 Å². The number of nitriles is 1. The minimum absolute atomic E-state index is 0.0233. The topological polar surface area (TPSA) is 69.5 Å². The third-order valence-electron chi connectivity index (χ3n) is 4.18. The minimum Gasteiger partial charge on any atom is -0.378 e. The van der Waals surface area contributed by atoms with E-state index in [-0.39, 0.29) is 11.9 Å². The molecule has 6 nitrogen and oxygen atoms in total. The highest BCUT2D eigenvalue weighted by molar-refractivity contribution is 5.94. The summed E-state index contributed by atoms with van der Waals surface area (Å²) in [5, 5.41) is 8.74. The van der Waals surface area contributed by atoms with Crippen LogP contribution < -0.4 is 0 Å². The summed E-state index contributed by atoms with van der Waals surface area (Å²) in [6.45, 7) is 5.89. The number of amides is 1. The molecule has 0 aliphatic carbocycles. The van der Waals surface area contributed by atoms with E-state index in [1.54, 1.807) is 12.1 Å². The van der Waals surface area contributed by atoms with E-state index in [1.807, 2.05) is 11.0 Å². The molecule has 3 rings (SSSR count). The monoisotopic (exact) mass is 286 g/mol. The maximum Gasteiger partial charge on any atom is 0.255 e. The summed E-state index contributed by atoms with van der Waals surface area (Å²) < 4.78 is 5.59. The van der Waals surface area contributed by atoms with Gasteiger partial charge in [0, 0.05) is 31.9 Å². The second-order valence-electron chi connectivity index (χ2n) is 5.57. The number of pyridine rings is 1. The maximum absolute atomic E-state index is 12.5. The molecule has 0 aromatic carbocycles. The Morgan fingerprint density at radius 3 is 3.00 bits per heavy atom. The molecule has 0 spiro atoms. The van der Waals surface area contributed by atoms with Crippen LogP contribution in [0.15, 0.2) is 18.3 Å². The third-order valence-corrected chi connectivity index (χ3v) is 4.18. The zero-order valence-electron chi connectivity index (χ0n) is 12.0. The number of aromatic nitrogens is 1. The van der Waals surface area contributed by atoms with Gasteiger partial charge in [0.15, 0.2) is 0 Å². The van der Waals surface area contributed by atoms with Crippen LogP contribution in [0.3, 0.4) is 0 Å². The molecule has 0 N–H and O–H groups in total. The van der Waals surface area contributed by atoms with Crippen LogP contribution in [0.2, 0.25) is 0 Å². The zero-order chi connectivity index (χ0) is 14.8. The van der Waals surface area contributed by atoms with Crippen molar-refractivity contribution in [2.75, 3.05) is 32.8 Å². The van der Waals surface area contributed by atoms with Crippen LogP contribution in [-0.4, -0.2) is 65.6 Å². The normalized spacial score (nSPS) is 26.0. The second kappa shape index (κ2) is 5.80. The van der Waals surface area contributed by atoms with Crippen molar-refractivity contribution in [3.63, 3.8) is 0 Å². The second-order valence-corrected chi connectivity index (χ2v) is 5.57. The van der Waals surface area contributed by atoms with Crippen LogP contribution in [0.25, 0.3) is 0 Å². The first-order valence-electron chi connectivity index (χ1n) is 7.18. The number of fused-ring (bicyclic) bond motifs is 1. The summed E-state index contributed by atoms with van der Waals surface area (Å²) in [5.41, 5.74) is 0.859. The van der Waals surface area contributed by atoms with Gasteiger partial charge in [-0.15, -0.1) is 0 Å². The number of ether oxygens (including phenoxy) is 1. The van der Waals surface area contributed by atoms with Gasteiger partial charge in [0.25, 0.3) is 5.91 Å². The Balaban J connectivity index is 1.69. The standard InChI is InChI=1S/C15H18N4O2/c1-11-9-21-10-14-8-18(4-5-19(11)14)15(20)12-2-3-13(6-16)17-7-12/h2-3,7,11,14H,4-5,8-10H2,1H3/t11-,14+/m0/s1. The third kappa shape index (κ3) is 2.75. The number of carbonyl (C=O) groups is 1. The molecule has 110 valence electrons. The predicted octanol–water partition coefficient (Wildman–Crippen LogP) is 0.498. The molecule has 0 bridgehead atoms. The zero-order valence-corrected chi connectivity index (χ0v) is 12.0. The lowest BCUT2D eigenvalue weighted by Crippen LogP contribution is -2.62. The SMILES string of the molecule is C[C@H]1COC[C@H]2CN(C(=O)c3ccc(C#N)nc3)CCN21. The summed E-state index contributed by atoms with van der Waals surface area (Å²) in [6.07, 6.45) is 1.48. The average Bonchev–Trinajstić information content (AvgIpc) is 2.54. The molecule has 0 saturated carbocycles. The number of piperazine rings is 1. The number of morpholine rings is 1. The molecule has 1 amide bonds. The molecule has 1 aromatic heterocycles. The summed E-state index contributed by atoms with van der Waals surface area (Å²) in [6, 6.07) is 5.89. The van der Waals surface area contributed by atoms with Gasteiger partial charge in [-0.2, -0.15) is 5.26 Å². The van der Waals surface area contributed by atoms with Gasteiger partial charge in [-0.3, -0.25) is 9.69 Å². The highest BCUT2D eigenvalue weighted by Gasteiger charge is 2.35. The summed E-state index contributed by atoms with van der Waals surface area (Å²) in [4.78, 5) is 20.7. The number of hydrogen-bond donors (Lipinski definition) is 0. The molecule has 2 atom stereocenters. The number of hydrogen-bond acceptors (Lipinski definition) is 5. The average molecular weight is 286 g/mol. The van der Waals surface area contributed by atoms with Crippen molar-refractivity contribution in [1.82, 2.24) is 14.8 Å². The van der Waals surface area contributed by atoms with E-state index >= 15 is 0 Å². The Morgan fingerprint density at radius 2 is 2.29 bits per heavy atom. The Morgan fingerprint density at radius 1 is 1.43 bits per heavy atom. The molecule has 2 aliphatic rings. The van der Waals surface area contributed by atoms with Gasteiger partial charge in [-0.05, 0) is 19.1 Å². The van der Waals surface area contributed by atoms with E-state index in [1.165, 1.54) is 6.20 Å². The molecule has 2 fully saturated rings. The first kappa shape index (κ1) is 14.0. The van der Waals surface area contributed by atoms with Gasteiger partial charge in [0.2, 0.25) is 0 Å². The lowest BCUT2D eigenvalue weighted by Gasteiger charge is -2.46. The Labute approximate surface area is 123 Å². The van der Waals surface area contributed by atoms with Crippen molar-refractivity contribution in [1.29, 1.82) is 5.26 Å². The highest BCUT2D eigenvalue weighted by Crippen LogP contribution is 2.19. The lowest BCUT2D eigenvalue weighted by molar-refractivity contribution is -0.0700. The van der Waals surface area contributed by atoms with E-state index in [9.17, 15) is 4.79 Å². The molecule has 0 radical (unpaired) electrons. The number of carbonyl (C=O) groups excluding carboxylic acids is 1. The molecular formula is C15H18N4O2. The van der Waals surface area contributed by atoms with Gasteiger partial charge in [-0.1, -0.05) is 0 Å². The molecule has 1 aromatic rings. The van der Waals surface area contributed by atoms with Crippen molar-refractivity contribution in [2.45, 2.75) is 19.0 Å². The maximum atomic E-state index is 12.5. The molecule has 21 heavy (non-hydrogen) atoms. The van der Waals surface area contributed by atoms with Crippen LogP contribution in [-0.2, 0) is 4.74 Å². The van der Waals surface area contributed by atoms with Gasteiger partial charge in [-0.25, -0.2) is 4.98 Å². The first-order valence-corrected chi connectivity index (χ1v) is 7.18. The van der Waals surface area contributed by atoms with E-state index < -0.39 is 0 Å². The molecule has 2 saturated heterocycles. The van der Waals surface area contributed by atoms with E-state index in [0.29, 0.717) is 30.5 Å². The minimum atomic E-state index is -0.0233. The summed E-state index contributed by atoms with van der Waals surface area (Å²) >= 11 is 0. The molecule has 3 heterocycles. The van der Waals surface area contributed by atoms with Crippen LogP contribution in [0.5, 0.6) is 0 Å². The highest BCUT2D eigenvalue weighted by atomic mass is 16.5. The fraction of sp³-hybridized carbons (Fsp3) is 0.533.